The first-order valence-electron chi connectivity index (χ1n) is 7.79. The maximum Gasteiger partial charge on any atom is 0.272 e. The van der Waals surface area contributed by atoms with Crippen molar-refractivity contribution in [1.29, 1.82) is 0 Å². The molecule has 0 radical (unpaired) electrons. The standard InChI is InChI=1S/C17H21N3O2/c21-12-13-6-8-14(9-7-13)18-17(22)16-10-11-20(19-16)15-4-2-1-3-5-15/h1-5,10-11,13-14,21H,6-9,12H2,(H,18,22). The lowest BCUT2D eigenvalue weighted by Gasteiger charge is -2.27. The van der Waals surface area contributed by atoms with Crippen molar-refractivity contribution < 1.29 is 9.90 Å². The third-order valence-electron chi connectivity index (χ3n) is 4.28. The Kier molecular flexibility index (Phi) is 4.53. The van der Waals surface area contributed by atoms with Gasteiger partial charge in [-0.3, -0.25) is 4.79 Å². The Morgan fingerprint density at radius 3 is 2.59 bits per heavy atom. The zero-order valence-electron chi connectivity index (χ0n) is 12.5. The van der Waals surface area contributed by atoms with E-state index in [0.29, 0.717) is 11.6 Å². The summed E-state index contributed by atoms with van der Waals surface area (Å²) in [4.78, 5) is 12.3. The highest BCUT2D eigenvalue weighted by atomic mass is 16.3. The van der Waals surface area contributed by atoms with Crippen molar-refractivity contribution in [3.63, 3.8) is 0 Å². The predicted molar refractivity (Wildman–Crippen MR) is 83.9 cm³/mol. The molecule has 5 heteroatoms. The maximum atomic E-state index is 12.3. The van der Waals surface area contributed by atoms with E-state index in [1.165, 1.54) is 0 Å². The lowest BCUT2D eigenvalue weighted by Crippen LogP contribution is -2.38. The highest BCUT2D eigenvalue weighted by Crippen LogP contribution is 2.23. The van der Waals surface area contributed by atoms with Gasteiger partial charge in [0.05, 0.1) is 5.69 Å². The normalized spacial score (nSPS) is 21.5. The van der Waals surface area contributed by atoms with Crippen molar-refractivity contribution in [2.24, 2.45) is 5.92 Å². The average molecular weight is 299 g/mol. The Morgan fingerprint density at radius 1 is 1.18 bits per heavy atom. The average Bonchev–Trinajstić information content (AvgIpc) is 3.06. The van der Waals surface area contributed by atoms with Gasteiger partial charge in [-0.05, 0) is 49.8 Å². The first kappa shape index (κ1) is 14.8. The molecule has 1 amide bonds. The molecule has 1 heterocycles. The quantitative estimate of drug-likeness (QED) is 0.909. The van der Waals surface area contributed by atoms with Crippen molar-refractivity contribution in [3.05, 3.63) is 48.3 Å². The molecule has 5 nitrogen and oxygen atoms in total. The van der Waals surface area contributed by atoms with E-state index in [-0.39, 0.29) is 18.6 Å². The third-order valence-corrected chi connectivity index (χ3v) is 4.28. The van der Waals surface area contributed by atoms with Gasteiger partial charge in [-0.25, -0.2) is 4.68 Å². The molecule has 1 aliphatic carbocycles. The summed E-state index contributed by atoms with van der Waals surface area (Å²) in [6.45, 7) is 0.252. The summed E-state index contributed by atoms with van der Waals surface area (Å²) < 4.78 is 1.71. The molecule has 0 aliphatic heterocycles. The van der Waals surface area contributed by atoms with E-state index < -0.39 is 0 Å². The number of rotatable bonds is 4. The summed E-state index contributed by atoms with van der Waals surface area (Å²) in [5.74, 6) is 0.271. The number of hydrogen-bond donors (Lipinski definition) is 2. The van der Waals surface area contributed by atoms with E-state index in [9.17, 15) is 4.79 Å². The van der Waals surface area contributed by atoms with Crippen LogP contribution in [-0.2, 0) is 0 Å². The van der Waals surface area contributed by atoms with Crippen molar-refractivity contribution in [3.8, 4) is 5.69 Å². The molecule has 1 aromatic heterocycles. The molecular formula is C17H21N3O2. The molecular weight excluding hydrogens is 278 g/mol. The van der Waals surface area contributed by atoms with Gasteiger partial charge >= 0.3 is 0 Å². The summed E-state index contributed by atoms with van der Waals surface area (Å²) in [6.07, 6.45) is 5.60. The first-order chi connectivity index (χ1) is 10.8. The summed E-state index contributed by atoms with van der Waals surface area (Å²) in [5, 5.41) is 16.5. The second-order valence-corrected chi connectivity index (χ2v) is 5.85. The number of carbonyl (C=O) groups is 1. The number of nitrogens with zero attached hydrogens (tertiary/aromatic N) is 2. The molecule has 1 saturated carbocycles. The predicted octanol–water partition coefficient (Wildman–Crippen LogP) is 2.15. The molecule has 0 saturated heterocycles. The Labute approximate surface area is 130 Å². The lowest BCUT2D eigenvalue weighted by molar-refractivity contribution is 0.0908. The van der Waals surface area contributed by atoms with Crippen molar-refractivity contribution in [2.75, 3.05) is 6.61 Å². The number of aliphatic hydroxyl groups excluding tert-OH is 1. The van der Waals surface area contributed by atoms with Crippen LogP contribution in [0.1, 0.15) is 36.2 Å². The van der Waals surface area contributed by atoms with Crippen molar-refractivity contribution in [2.45, 2.75) is 31.7 Å². The van der Waals surface area contributed by atoms with E-state index in [1.54, 1.807) is 16.9 Å². The lowest BCUT2D eigenvalue weighted by atomic mass is 9.86. The SMILES string of the molecule is O=C(NC1CCC(CO)CC1)c1ccn(-c2ccccc2)n1. The second-order valence-electron chi connectivity index (χ2n) is 5.85. The second kappa shape index (κ2) is 6.75. The maximum absolute atomic E-state index is 12.3. The fourth-order valence-electron chi connectivity index (χ4n) is 2.92. The minimum absolute atomic E-state index is 0.123. The molecule has 0 unspecified atom stereocenters. The first-order valence-corrected chi connectivity index (χ1v) is 7.79. The van der Waals surface area contributed by atoms with Crippen molar-refractivity contribution >= 4 is 5.91 Å². The van der Waals surface area contributed by atoms with E-state index in [0.717, 1.165) is 31.4 Å². The Bertz CT molecular complexity index is 616. The van der Waals surface area contributed by atoms with Gasteiger partial charge in [0, 0.05) is 18.8 Å². The molecule has 0 spiro atoms. The molecule has 2 N–H and O–H groups in total. The van der Waals surface area contributed by atoms with Crippen LogP contribution in [0.3, 0.4) is 0 Å². The topological polar surface area (TPSA) is 67.2 Å². The summed E-state index contributed by atoms with van der Waals surface area (Å²) in [5.41, 5.74) is 1.37. The Morgan fingerprint density at radius 2 is 1.91 bits per heavy atom. The molecule has 1 fully saturated rings. The van der Waals surface area contributed by atoms with Crippen LogP contribution in [0.5, 0.6) is 0 Å². The molecule has 22 heavy (non-hydrogen) atoms. The number of hydrogen-bond acceptors (Lipinski definition) is 3. The minimum atomic E-state index is -0.123. The van der Waals surface area contributed by atoms with Crippen LogP contribution in [-0.4, -0.2) is 33.4 Å². The summed E-state index contributed by atoms with van der Waals surface area (Å²) in [7, 11) is 0. The fraction of sp³-hybridized carbons (Fsp3) is 0.412. The number of amides is 1. The fourth-order valence-corrected chi connectivity index (χ4v) is 2.92. The van der Waals surface area contributed by atoms with Gasteiger partial charge in [-0.15, -0.1) is 0 Å². The number of para-hydroxylation sites is 1. The van der Waals surface area contributed by atoms with Crippen molar-refractivity contribution in [1.82, 2.24) is 15.1 Å². The van der Waals surface area contributed by atoms with Crippen LogP contribution in [0.15, 0.2) is 42.6 Å². The number of aromatic nitrogens is 2. The van der Waals surface area contributed by atoms with Crippen LogP contribution < -0.4 is 5.32 Å². The van der Waals surface area contributed by atoms with E-state index in [4.69, 9.17) is 5.11 Å². The molecule has 1 aliphatic rings. The minimum Gasteiger partial charge on any atom is -0.396 e. The summed E-state index contributed by atoms with van der Waals surface area (Å²) in [6, 6.07) is 11.7. The van der Waals surface area contributed by atoms with Crippen LogP contribution in [0.2, 0.25) is 0 Å². The molecule has 116 valence electrons. The van der Waals surface area contributed by atoms with Gasteiger partial charge in [-0.2, -0.15) is 5.10 Å². The largest absolute Gasteiger partial charge is 0.396 e. The van der Waals surface area contributed by atoms with E-state index in [2.05, 4.69) is 10.4 Å². The Balaban J connectivity index is 1.60. The molecule has 2 aromatic rings. The number of benzene rings is 1. The highest BCUT2D eigenvalue weighted by molar-refractivity contribution is 5.92. The van der Waals surface area contributed by atoms with Crippen LogP contribution in [0.25, 0.3) is 5.69 Å². The highest BCUT2D eigenvalue weighted by Gasteiger charge is 2.23. The Hall–Kier alpha value is -2.14. The summed E-state index contributed by atoms with van der Waals surface area (Å²) >= 11 is 0. The van der Waals surface area contributed by atoms with Gasteiger partial charge in [0.15, 0.2) is 5.69 Å². The van der Waals surface area contributed by atoms with E-state index >= 15 is 0 Å². The number of aliphatic hydroxyl groups is 1. The van der Waals surface area contributed by atoms with Gasteiger partial charge in [0.2, 0.25) is 0 Å². The zero-order chi connectivity index (χ0) is 15.4. The molecule has 0 atom stereocenters. The molecule has 3 rings (SSSR count). The van der Waals surface area contributed by atoms with Gasteiger partial charge in [0.25, 0.3) is 5.91 Å². The van der Waals surface area contributed by atoms with Gasteiger partial charge in [0.1, 0.15) is 0 Å². The third kappa shape index (κ3) is 3.36. The van der Waals surface area contributed by atoms with Gasteiger partial charge < -0.3 is 10.4 Å². The molecule has 0 bridgehead atoms. The zero-order valence-corrected chi connectivity index (χ0v) is 12.5. The number of carbonyl (C=O) groups excluding carboxylic acids is 1. The van der Waals surface area contributed by atoms with Crippen LogP contribution in [0.4, 0.5) is 0 Å². The van der Waals surface area contributed by atoms with Crippen LogP contribution in [0, 0.1) is 5.92 Å². The number of nitrogens with one attached hydrogen (secondary N) is 1. The monoisotopic (exact) mass is 299 g/mol. The molecule has 1 aromatic carbocycles. The van der Waals surface area contributed by atoms with Gasteiger partial charge in [-0.1, -0.05) is 18.2 Å². The van der Waals surface area contributed by atoms with Crippen LogP contribution >= 0.6 is 0 Å². The smallest absolute Gasteiger partial charge is 0.272 e. The van der Waals surface area contributed by atoms with E-state index in [1.807, 2.05) is 30.3 Å².